The molecular weight excluding hydrogens is 198 g/mol. The Morgan fingerprint density at radius 1 is 1.62 bits per heavy atom. The maximum absolute atomic E-state index is 8.73. The molecular formula is C14H21NO. The summed E-state index contributed by atoms with van der Waals surface area (Å²) in [6.07, 6.45) is 9.04. The van der Waals surface area contributed by atoms with Gasteiger partial charge in [-0.2, -0.15) is 0 Å². The van der Waals surface area contributed by atoms with E-state index in [1.54, 1.807) is 0 Å². The van der Waals surface area contributed by atoms with Crippen molar-refractivity contribution in [3.05, 3.63) is 30.0 Å². The standard InChI is InChI=1S/C14H21NO/c1-4-7-12(2)14(3)10-13(11-15-14)8-5-6-9-16/h7,10-12,16H,1,5-6,8-9H2,2-3H3. The second-order valence-electron chi connectivity index (χ2n) is 4.54. The molecule has 0 spiro atoms. The number of aliphatic imine (C=N–C) groups is 1. The molecule has 2 nitrogen and oxygen atoms in total. The first kappa shape index (κ1) is 13.0. The van der Waals surface area contributed by atoms with E-state index in [0.29, 0.717) is 5.92 Å². The van der Waals surface area contributed by atoms with E-state index in [0.717, 1.165) is 19.3 Å². The summed E-state index contributed by atoms with van der Waals surface area (Å²) >= 11 is 0. The first-order chi connectivity index (χ1) is 7.62. The molecule has 0 saturated carbocycles. The van der Waals surface area contributed by atoms with Gasteiger partial charge in [-0.05, 0) is 37.8 Å². The molecule has 0 aliphatic carbocycles. The van der Waals surface area contributed by atoms with Crippen molar-refractivity contribution >= 4 is 6.21 Å². The first-order valence-corrected chi connectivity index (χ1v) is 5.86. The number of hydrogen-bond donors (Lipinski definition) is 1. The van der Waals surface area contributed by atoms with Crippen LogP contribution >= 0.6 is 0 Å². The number of rotatable bonds is 6. The van der Waals surface area contributed by atoms with Crippen LogP contribution < -0.4 is 0 Å². The van der Waals surface area contributed by atoms with Crippen LogP contribution in [-0.2, 0) is 0 Å². The molecule has 2 unspecified atom stereocenters. The van der Waals surface area contributed by atoms with Crippen LogP contribution in [0.2, 0.25) is 0 Å². The van der Waals surface area contributed by atoms with Gasteiger partial charge in [0.25, 0.3) is 0 Å². The third-order valence-corrected chi connectivity index (χ3v) is 3.15. The number of unbranched alkanes of at least 4 members (excludes halogenated alkanes) is 1. The fraction of sp³-hybridized carbons (Fsp3) is 0.571. The van der Waals surface area contributed by atoms with Gasteiger partial charge in [0.2, 0.25) is 0 Å². The van der Waals surface area contributed by atoms with Crippen molar-refractivity contribution in [2.75, 3.05) is 6.61 Å². The second kappa shape index (κ2) is 5.83. The van der Waals surface area contributed by atoms with Crippen LogP contribution in [0.3, 0.4) is 0 Å². The topological polar surface area (TPSA) is 32.6 Å². The highest BCUT2D eigenvalue weighted by Crippen LogP contribution is 2.30. The summed E-state index contributed by atoms with van der Waals surface area (Å²) in [5.74, 6) is 0.316. The van der Waals surface area contributed by atoms with Crippen LogP contribution in [-0.4, -0.2) is 23.5 Å². The number of aliphatic hydroxyl groups excluding tert-OH is 1. The van der Waals surface area contributed by atoms with Gasteiger partial charge >= 0.3 is 0 Å². The van der Waals surface area contributed by atoms with Crippen molar-refractivity contribution in [3.63, 3.8) is 0 Å². The lowest BCUT2D eigenvalue weighted by Gasteiger charge is -2.23. The highest BCUT2D eigenvalue weighted by atomic mass is 16.2. The Morgan fingerprint density at radius 2 is 2.38 bits per heavy atom. The summed E-state index contributed by atoms with van der Waals surface area (Å²) in [5.41, 5.74) is 3.96. The van der Waals surface area contributed by atoms with Crippen LogP contribution in [0.1, 0.15) is 33.1 Å². The van der Waals surface area contributed by atoms with E-state index in [1.165, 1.54) is 5.57 Å². The maximum Gasteiger partial charge on any atom is 0.0831 e. The summed E-state index contributed by atoms with van der Waals surface area (Å²) in [5, 5.41) is 8.73. The smallest absolute Gasteiger partial charge is 0.0831 e. The van der Waals surface area contributed by atoms with Gasteiger partial charge in [-0.3, -0.25) is 4.99 Å². The quantitative estimate of drug-likeness (QED) is 0.540. The van der Waals surface area contributed by atoms with Gasteiger partial charge in [-0.15, -0.1) is 5.73 Å². The van der Waals surface area contributed by atoms with Crippen molar-refractivity contribution in [1.82, 2.24) is 0 Å². The van der Waals surface area contributed by atoms with Crippen molar-refractivity contribution in [2.45, 2.75) is 38.6 Å². The Balaban J connectivity index is 2.60. The number of nitrogens with zero attached hydrogens (tertiary/aromatic N) is 1. The van der Waals surface area contributed by atoms with Crippen molar-refractivity contribution < 1.29 is 5.11 Å². The predicted octanol–water partition coefficient (Wildman–Crippen LogP) is 2.90. The molecule has 1 heterocycles. The second-order valence-corrected chi connectivity index (χ2v) is 4.54. The minimum absolute atomic E-state index is 0.140. The predicted molar refractivity (Wildman–Crippen MR) is 68.8 cm³/mol. The van der Waals surface area contributed by atoms with Crippen LogP contribution in [0, 0.1) is 5.92 Å². The van der Waals surface area contributed by atoms with Gasteiger partial charge in [0.1, 0.15) is 0 Å². The first-order valence-electron chi connectivity index (χ1n) is 5.86. The molecule has 0 amide bonds. The minimum atomic E-state index is -0.140. The molecule has 0 aromatic rings. The number of aliphatic hydroxyl groups is 1. The van der Waals surface area contributed by atoms with Gasteiger partial charge in [-0.1, -0.05) is 19.6 Å². The molecule has 0 aromatic heterocycles. The van der Waals surface area contributed by atoms with Gasteiger partial charge in [-0.25, -0.2) is 0 Å². The lowest BCUT2D eigenvalue weighted by molar-refractivity contribution is 0.285. The zero-order chi connectivity index (χ0) is 12.0. The molecule has 1 rings (SSSR count). The van der Waals surface area contributed by atoms with Gasteiger partial charge < -0.3 is 5.11 Å². The number of allylic oxidation sites excluding steroid dienone is 1. The molecule has 2 heteroatoms. The van der Waals surface area contributed by atoms with E-state index < -0.39 is 0 Å². The monoisotopic (exact) mass is 219 g/mol. The Kier molecular flexibility index (Phi) is 4.72. The summed E-state index contributed by atoms with van der Waals surface area (Å²) in [4.78, 5) is 4.57. The number of hydrogen-bond acceptors (Lipinski definition) is 2. The van der Waals surface area contributed by atoms with Gasteiger partial charge in [0, 0.05) is 18.7 Å². The molecule has 0 saturated heterocycles. The lowest BCUT2D eigenvalue weighted by atomic mass is 9.87. The van der Waals surface area contributed by atoms with Crippen LogP contribution in [0.4, 0.5) is 0 Å². The molecule has 88 valence electrons. The van der Waals surface area contributed by atoms with E-state index in [1.807, 2.05) is 12.3 Å². The third-order valence-electron chi connectivity index (χ3n) is 3.15. The van der Waals surface area contributed by atoms with Gasteiger partial charge in [0.15, 0.2) is 0 Å². The summed E-state index contributed by atoms with van der Waals surface area (Å²) in [6.45, 7) is 8.13. The fourth-order valence-electron chi connectivity index (χ4n) is 1.84. The van der Waals surface area contributed by atoms with Crippen LogP contribution in [0.25, 0.3) is 0 Å². The highest BCUT2D eigenvalue weighted by Gasteiger charge is 2.29. The Hall–Kier alpha value is -1.11. The molecule has 0 radical (unpaired) electrons. The molecule has 0 bridgehead atoms. The summed E-state index contributed by atoms with van der Waals surface area (Å²) in [6, 6.07) is 0. The summed E-state index contributed by atoms with van der Waals surface area (Å²) < 4.78 is 0. The zero-order valence-electron chi connectivity index (χ0n) is 10.2. The minimum Gasteiger partial charge on any atom is -0.396 e. The SMILES string of the molecule is C=C=CC(C)C1(C)C=C(CCCCO)C=N1. The van der Waals surface area contributed by atoms with Crippen molar-refractivity contribution in [1.29, 1.82) is 0 Å². The molecule has 0 aromatic carbocycles. The average Bonchev–Trinajstić information content (AvgIpc) is 2.63. The molecule has 16 heavy (non-hydrogen) atoms. The van der Waals surface area contributed by atoms with Gasteiger partial charge in [0.05, 0.1) is 5.54 Å². The Morgan fingerprint density at radius 3 is 3.00 bits per heavy atom. The van der Waals surface area contributed by atoms with E-state index in [2.05, 4.69) is 37.2 Å². The molecule has 1 N–H and O–H groups in total. The fourth-order valence-corrected chi connectivity index (χ4v) is 1.84. The Labute approximate surface area is 98.1 Å². The third kappa shape index (κ3) is 3.19. The normalized spacial score (nSPS) is 25.1. The largest absolute Gasteiger partial charge is 0.396 e. The zero-order valence-corrected chi connectivity index (χ0v) is 10.2. The van der Waals surface area contributed by atoms with Crippen molar-refractivity contribution in [3.8, 4) is 0 Å². The summed E-state index contributed by atoms with van der Waals surface area (Å²) in [7, 11) is 0. The van der Waals surface area contributed by atoms with E-state index in [-0.39, 0.29) is 12.1 Å². The molecule has 2 atom stereocenters. The molecule has 0 fully saturated rings. The maximum atomic E-state index is 8.73. The van der Waals surface area contributed by atoms with E-state index in [9.17, 15) is 0 Å². The highest BCUT2D eigenvalue weighted by molar-refractivity contribution is 5.82. The lowest BCUT2D eigenvalue weighted by Crippen LogP contribution is -2.24. The Bertz CT molecular complexity index is 337. The molecule has 1 aliphatic heterocycles. The van der Waals surface area contributed by atoms with Crippen molar-refractivity contribution in [2.24, 2.45) is 10.9 Å². The van der Waals surface area contributed by atoms with E-state index in [4.69, 9.17) is 5.11 Å². The van der Waals surface area contributed by atoms with Crippen LogP contribution in [0.5, 0.6) is 0 Å². The average molecular weight is 219 g/mol. The molecule has 1 aliphatic rings. The van der Waals surface area contributed by atoms with Crippen LogP contribution in [0.15, 0.2) is 35.0 Å². The van der Waals surface area contributed by atoms with E-state index >= 15 is 0 Å².